The smallest absolute Gasteiger partial charge is 0.0887 e. The molecule has 0 bridgehead atoms. The summed E-state index contributed by atoms with van der Waals surface area (Å²) in [7, 11) is 0. The highest BCUT2D eigenvalue weighted by Crippen LogP contribution is 1.76. The van der Waals surface area contributed by atoms with Crippen LogP contribution in [0, 0.1) is 0 Å². The Hall–Kier alpha value is -0.660. The molecule has 2 nitrogen and oxygen atoms in total. The molecule has 0 rings (SSSR count). The number of rotatable bonds is 2. The standard InChI is InChI=1S/C5H12N2/c1-4(2)7-5(3)6/h4,7H,3,6H2,1-2H3. The van der Waals surface area contributed by atoms with Gasteiger partial charge in [0.1, 0.15) is 0 Å². The number of hydrogen-bond acceptors (Lipinski definition) is 2. The average Bonchev–Trinajstić information content (AvgIpc) is 1.27. The largest absolute Gasteiger partial charge is 0.386 e. The summed E-state index contributed by atoms with van der Waals surface area (Å²) in [4.78, 5) is 0. The van der Waals surface area contributed by atoms with Crippen molar-refractivity contribution in [2.75, 3.05) is 0 Å². The van der Waals surface area contributed by atoms with Crippen molar-refractivity contribution in [3.05, 3.63) is 12.4 Å². The van der Waals surface area contributed by atoms with Gasteiger partial charge < -0.3 is 11.1 Å². The van der Waals surface area contributed by atoms with Crippen molar-refractivity contribution in [3.63, 3.8) is 0 Å². The van der Waals surface area contributed by atoms with Gasteiger partial charge in [-0.25, -0.2) is 0 Å². The summed E-state index contributed by atoms with van der Waals surface area (Å²) in [5, 5.41) is 2.89. The van der Waals surface area contributed by atoms with Crippen LogP contribution in [0.25, 0.3) is 0 Å². The van der Waals surface area contributed by atoms with Gasteiger partial charge in [0.15, 0.2) is 0 Å². The van der Waals surface area contributed by atoms with E-state index < -0.39 is 0 Å². The van der Waals surface area contributed by atoms with Crippen LogP contribution < -0.4 is 11.1 Å². The van der Waals surface area contributed by atoms with Gasteiger partial charge in [-0.3, -0.25) is 0 Å². The Bertz CT molecular complexity index is 66.5. The van der Waals surface area contributed by atoms with E-state index in [9.17, 15) is 0 Å². The molecule has 42 valence electrons. The minimum Gasteiger partial charge on any atom is -0.386 e. The summed E-state index contributed by atoms with van der Waals surface area (Å²) in [5.74, 6) is 0.537. The highest BCUT2D eigenvalue weighted by molar-refractivity contribution is 4.83. The first-order valence-electron chi connectivity index (χ1n) is 2.34. The zero-order valence-corrected chi connectivity index (χ0v) is 4.86. The van der Waals surface area contributed by atoms with Gasteiger partial charge in [-0.1, -0.05) is 6.58 Å². The topological polar surface area (TPSA) is 38.0 Å². The van der Waals surface area contributed by atoms with Crippen LogP contribution in [0.2, 0.25) is 0 Å². The van der Waals surface area contributed by atoms with Crippen molar-refractivity contribution >= 4 is 0 Å². The molecule has 0 aliphatic rings. The molecule has 0 amide bonds. The van der Waals surface area contributed by atoms with Gasteiger partial charge in [0.2, 0.25) is 0 Å². The molecule has 0 heterocycles. The lowest BCUT2D eigenvalue weighted by Crippen LogP contribution is -2.25. The average molecular weight is 100 g/mol. The quantitative estimate of drug-likeness (QED) is 0.527. The number of hydrogen-bond donors (Lipinski definition) is 2. The third-order valence-corrected chi connectivity index (χ3v) is 0.474. The van der Waals surface area contributed by atoms with Crippen molar-refractivity contribution in [3.8, 4) is 0 Å². The Morgan fingerprint density at radius 3 is 2.14 bits per heavy atom. The summed E-state index contributed by atoms with van der Waals surface area (Å²) in [6.45, 7) is 7.49. The van der Waals surface area contributed by atoms with Gasteiger partial charge in [0, 0.05) is 6.04 Å². The van der Waals surface area contributed by atoms with Crippen molar-refractivity contribution in [1.82, 2.24) is 5.32 Å². The van der Waals surface area contributed by atoms with E-state index in [1.165, 1.54) is 0 Å². The molecule has 2 heteroatoms. The minimum absolute atomic E-state index is 0.400. The van der Waals surface area contributed by atoms with Crippen LogP contribution in [0.5, 0.6) is 0 Å². The number of nitrogens with one attached hydrogen (secondary N) is 1. The van der Waals surface area contributed by atoms with Crippen molar-refractivity contribution in [2.24, 2.45) is 5.73 Å². The summed E-state index contributed by atoms with van der Waals surface area (Å²) >= 11 is 0. The fourth-order valence-corrected chi connectivity index (χ4v) is 0.371. The Kier molecular flexibility index (Phi) is 2.27. The first-order chi connectivity index (χ1) is 3.13. The summed E-state index contributed by atoms with van der Waals surface area (Å²) in [6, 6.07) is 0.400. The van der Waals surface area contributed by atoms with Gasteiger partial charge in [-0.2, -0.15) is 0 Å². The minimum atomic E-state index is 0.400. The normalized spacial score (nSPS) is 9.00. The van der Waals surface area contributed by atoms with E-state index in [0.717, 1.165) is 0 Å². The van der Waals surface area contributed by atoms with E-state index in [0.29, 0.717) is 11.9 Å². The van der Waals surface area contributed by atoms with E-state index in [-0.39, 0.29) is 0 Å². The van der Waals surface area contributed by atoms with E-state index >= 15 is 0 Å². The molecule has 0 saturated carbocycles. The zero-order chi connectivity index (χ0) is 5.86. The van der Waals surface area contributed by atoms with Gasteiger partial charge in [0.25, 0.3) is 0 Å². The lowest BCUT2D eigenvalue weighted by molar-refractivity contribution is 0.665. The van der Waals surface area contributed by atoms with Crippen LogP contribution in [-0.4, -0.2) is 6.04 Å². The maximum Gasteiger partial charge on any atom is 0.0887 e. The van der Waals surface area contributed by atoms with Crippen LogP contribution in [-0.2, 0) is 0 Å². The fraction of sp³-hybridized carbons (Fsp3) is 0.600. The maximum atomic E-state index is 5.19. The van der Waals surface area contributed by atoms with E-state index in [2.05, 4.69) is 11.9 Å². The highest BCUT2D eigenvalue weighted by Gasteiger charge is 1.86. The zero-order valence-electron chi connectivity index (χ0n) is 4.86. The second kappa shape index (κ2) is 2.50. The molecule has 0 fully saturated rings. The molecular weight excluding hydrogens is 88.1 g/mol. The Labute approximate surface area is 44.4 Å². The van der Waals surface area contributed by atoms with E-state index in [1.807, 2.05) is 13.8 Å². The van der Waals surface area contributed by atoms with Gasteiger partial charge >= 0.3 is 0 Å². The molecule has 7 heavy (non-hydrogen) atoms. The lowest BCUT2D eigenvalue weighted by atomic mass is 10.4. The molecule has 3 N–H and O–H groups in total. The highest BCUT2D eigenvalue weighted by atomic mass is 15.0. The van der Waals surface area contributed by atoms with Gasteiger partial charge in [0.05, 0.1) is 5.82 Å². The number of nitrogens with two attached hydrogens (primary N) is 1. The van der Waals surface area contributed by atoms with Crippen LogP contribution in [0.1, 0.15) is 13.8 Å². The van der Waals surface area contributed by atoms with E-state index in [1.54, 1.807) is 0 Å². The molecule has 0 unspecified atom stereocenters. The fourth-order valence-electron chi connectivity index (χ4n) is 0.371. The molecule has 0 spiro atoms. The molecule has 0 aliphatic carbocycles. The summed E-state index contributed by atoms with van der Waals surface area (Å²) < 4.78 is 0. The second-order valence-corrected chi connectivity index (χ2v) is 1.82. The van der Waals surface area contributed by atoms with Crippen LogP contribution in [0.3, 0.4) is 0 Å². The molecule has 0 atom stereocenters. The van der Waals surface area contributed by atoms with Crippen LogP contribution in [0.4, 0.5) is 0 Å². The molecule has 0 radical (unpaired) electrons. The first kappa shape index (κ1) is 6.34. The van der Waals surface area contributed by atoms with Crippen molar-refractivity contribution in [2.45, 2.75) is 19.9 Å². The second-order valence-electron chi connectivity index (χ2n) is 1.82. The van der Waals surface area contributed by atoms with Crippen LogP contribution in [0.15, 0.2) is 12.4 Å². The maximum absolute atomic E-state index is 5.19. The molecule has 0 aliphatic heterocycles. The summed E-state index contributed by atoms with van der Waals surface area (Å²) in [6.07, 6.45) is 0. The molecule has 0 aromatic heterocycles. The van der Waals surface area contributed by atoms with E-state index in [4.69, 9.17) is 5.73 Å². The third-order valence-electron chi connectivity index (χ3n) is 0.474. The SMILES string of the molecule is C=C(N)NC(C)C. The predicted molar refractivity (Wildman–Crippen MR) is 31.6 cm³/mol. The Balaban J connectivity index is 3.13. The molecular formula is C5H12N2. The summed E-state index contributed by atoms with van der Waals surface area (Å²) in [5.41, 5.74) is 5.19. The van der Waals surface area contributed by atoms with Gasteiger partial charge in [-0.15, -0.1) is 0 Å². The van der Waals surface area contributed by atoms with Crippen molar-refractivity contribution < 1.29 is 0 Å². The Morgan fingerprint density at radius 1 is 1.71 bits per heavy atom. The predicted octanol–water partition coefficient (Wildman–Crippen LogP) is 0.414. The molecule has 0 aromatic carbocycles. The molecule has 0 aromatic rings. The van der Waals surface area contributed by atoms with Crippen molar-refractivity contribution in [1.29, 1.82) is 0 Å². The van der Waals surface area contributed by atoms with Gasteiger partial charge in [-0.05, 0) is 13.8 Å². The Morgan fingerprint density at radius 2 is 2.14 bits per heavy atom. The van der Waals surface area contributed by atoms with Crippen LogP contribution >= 0.6 is 0 Å². The lowest BCUT2D eigenvalue weighted by Gasteiger charge is -2.06. The first-order valence-corrected chi connectivity index (χ1v) is 2.34. The molecule has 0 saturated heterocycles. The third kappa shape index (κ3) is 5.34. The monoisotopic (exact) mass is 100 g/mol.